The van der Waals surface area contributed by atoms with Gasteiger partial charge in [0.1, 0.15) is 0 Å². The summed E-state index contributed by atoms with van der Waals surface area (Å²) < 4.78 is 11.6. The van der Waals surface area contributed by atoms with Crippen LogP contribution in [0.15, 0.2) is 0 Å². The van der Waals surface area contributed by atoms with Crippen molar-refractivity contribution in [1.82, 2.24) is 0 Å². The summed E-state index contributed by atoms with van der Waals surface area (Å²) in [5.74, 6) is 0. The third-order valence-electron chi connectivity index (χ3n) is 4.57. The largest absolute Gasteiger partial charge is 0.398 e. The Balaban J connectivity index is 3.53. The zero-order valence-electron chi connectivity index (χ0n) is 15.2. The van der Waals surface area contributed by atoms with Crippen LogP contribution in [0.3, 0.4) is 0 Å². The van der Waals surface area contributed by atoms with Crippen LogP contribution in [0, 0.1) is 0 Å². The third-order valence-corrected chi connectivity index (χ3v) is 8.29. The van der Waals surface area contributed by atoms with Crippen LogP contribution in [0.2, 0.25) is 12.1 Å². The van der Waals surface area contributed by atoms with E-state index in [1.54, 1.807) is 0 Å². The van der Waals surface area contributed by atoms with Crippen molar-refractivity contribution < 1.29 is 8.85 Å². The quantitative estimate of drug-likeness (QED) is 0.241. The highest BCUT2D eigenvalue weighted by molar-refractivity contribution is 6.67. The monoisotopic (exact) mass is 316 g/mol. The predicted octanol–water partition coefficient (Wildman–Crippen LogP) is 6.44. The van der Waals surface area contributed by atoms with Gasteiger partial charge in [-0.3, -0.25) is 0 Å². The highest BCUT2D eigenvalue weighted by atomic mass is 28.4. The van der Waals surface area contributed by atoms with Crippen molar-refractivity contribution in [2.24, 2.45) is 0 Å². The van der Waals surface area contributed by atoms with Gasteiger partial charge in [0.15, 0.2) is 0 Å². The van der Waals surface area contributed by atoms with Crippen LogP contribution in [0.25, 0.3) is 0 Å². The second-order valence-corrected chi connectivity index (χ2v) is 9.99. The summed E-state index contributed by atoms with van der Waals surface area (Å²) in [7, 11) is 1.84. The van der Waals surface area contributed by atoms with Gasteiger partial charge in [-0.15, -0.1) is 0 Å². The molecule has 2 nitrogen and oxygen atoms in total. The van der Waals surface area contributed by atoms with E-state index in [1.165, 1.54) is 83.1 Å². The number of rotatable bonds is 16. The number of hydrogen-bond donors (Lipinski definition) is 0. The summed E-state index contributed by atoms with van der Waals surface area (Å²) in [6.45, 7) is 4.52. The van der Waals surface area contributed by atoms with Crippen LogP contribution in [0.1, 0.15) is 90.9 Å². The van der Waals surface area contributed by atoms with E-state index in [0.717, 1.165) is 6.04 Å². The van der Waals surface area contributed by atoms with E-state index in [9.17, 15) is 0 Å². The lowest BCUT2D eigenvalue weighted by Crippen LogP contribution is -2.39. The molecule has 0 heterocycles. The average Bonchev–Trinajstić information content (AvgIpc) is 2.52. The fraction of sp³-hybridized carbons (Fsp3) is 1.00. The standard InChI is InChI=1S/C18H40O2Si/c1-5-7-9-10-11-12-13-14-15-16-18-21(19-3,20-4)17-8-6-2/h5-18H2,1-4H3. The van der Waals surface area contributed by atoms with Crippen molar-refractivity contribution >= 4 is 8.56 Å². The molecule has 0 atom stereocenters. The maximum atomic E-state index is 5.79. The van der Waals surface area contributed by atoms with Gasteiger partial charge in [0.2, 0.25) is 0 Å². The molecule has 0 unspecified atom stereocenters. The second-order valence-electron chi connectivity index (χ2n) is 6.35. The fourth-order valence-corrected chi connectivity index (χ4v) is 5.86. The van der Waals surface area contributed by atoms with Crippen LogP contribution >= 0.6 is 0 Å². The maximum absolute atomic E-state index is 5.79. The molecule has 0 rings (SSSR count). The predicted molar refractivity (Wildman–Crippen MR) is 96.1 cm³/mol. The molecule has 0 aliphatic heterocycles. The molecule has 0 spiro atoms. The molecule has 0 aliphatic rings. The summed E-state index contributed by atoms with van der Waals surface area (Å²) in [4.78, 5) is 0. The van der Waals surface area contributed by atoms with Crippen molar-refractivity contribution in [2.75, 3.05) is 14.2 Å². The molecular formula is C18H40O2Si. The zero-order chi connectivity index (χ0) is 15.8. The Kier molecular flexibility index (Phi) is 15.1. The Labute approximate surface area is 135 Å². The van der Waals surface area contributed by atoms with Crippen molar-refractivity contribution in [1.29, 1.82) is 0 Å². The van der Waals surface area contributed by atoms with E-state index in [0.29, 0.717) is 0 Å². The molecule has 0 aliphatic carbocycles. The van der Waals surface area contributed by atoms with E-state index < -0.39 is 8.56 Å². The van der Waals surface area contributed by atoms with E-state index in [4.69, 9.17) is 8.85 Å². The van der Waals surface area contributed by atoms with Gasteiger partial charge in [-0.2, -0.15) is 0 Å². The highest BCUT2D eigenvalue weighted by Gasteiger charge is 2.33. The Hall–Kier alpha value is 0.137. The van der Waals surface area contributed by atoms with Gasteiger partial charge in [0.25, 0.3) is 0 Å². The first kappa shape index (κ1) is 21.1. The SMILES string of the molecule is CCCCCCCCCCCC[Si](CCCC)(OC)OC. The lowest BCUT2D eigenvalue weighted by Gasteiger charge is -2.27. The molecule has 0 aromatic carbocycles. The molecule has 0 saturated carbocycles. The smallest absolute Gasteiger partial charge is 0.337 e. The lowest BCUT2D eigenvalue weighted by molar-refractivity contribution is 0.238. The Bertz CT molecular complexity index is 205. The van der Waals surface area contributed by atoms with Crippen LogP contribution in [0.4, 0.5) is 0 Å². The molecule has 0 N–H and O–H groups in total. The lowest BCUT2D eigenvalue weighted by atomic mass is 10.1. The van der Waals surface area contributed by atoms with Crippen LogP contribution in [0.5, 0.6) is 0 Å². The normalized spacial score (nSPS) is 12.0. The molecule has 0 radical (unpaired) electrons. The van der Waals surface area contributed by atoms with Crippen molar-refractivity contribution in [3.63, 3.8) is 0 Å². The van der Waals surface area contributed by atoms with E-state index in [1.807, 2.05) is 14.2 Å². The Morgan fingerprint density at radius 3 is 1.33 bits per heavy atom. The molecule has 0 aromatic rings. The molecule has 0 amide bonds. The average molecular weight is 317 g/mol. The summed E-state index contributed by atoms with van der Waals surface area (Å²) in [5.41, 5.74) is 0. The van der Waals surface area contributed by atoms with E-state index in [-0.39, 0.29) is 0 Å². The number of hydrogen-bond acceptors (Lipinski definition) is 2. The first-order chi connectivity index (χ1) is 10.2. The van der Waals surface area contributed by atoms with Gasteiger partial charge in [0, 0.05) is 14.2 Å². The zero-order valence-corrected chi connectivity index (χ0v) is 16.2. The topological polar surface area (TPSA) is 18.5 Å². The minimum absolute atomic E-state index is 1.16. The minimum atomic E-state index is -1.85. The minimum Gasteiger partial charge on any atom is -0.398 e. The Morgan fingerprint density at radius 2 is 0.905 bits per heavy atom. The fourth-order valence-electron chi connectivity index (χ4n) is 2.94. The van der Waals surface area contributed by atoms with Gasteiger partial charge in [-0.05, 0) is 12.1 Å². The number of unbranched alkanes of at least 4 members (excludes halogenated alkanes) is 10. The van der Waals surface area contributed by atoms with Crippen molar-refractivity contribution in [3.05, 3.63) is 0 Å². The third kappa shape index (κ3) is 11.4. The van der Waals surface area contributed by atoms with Gasteiger partial charge >= 0.3 is 8.56 Å². The summed E-state index contributed by atoms with van der Waals surface area (Å²) in [6, 6.07) is 2.34. The molecule has 128 valence electrons. The van der Waals surface area contributed by atoms with Gasteiger partial charge in [-0.1, -0.05) is 90.9 Å². The second kappa shape index (κ2) is 15.0. The van der Waals surface area contributed by atoms with Gasteiger partial charge in [-0.25, -0.2) is 0 Å². The molecular weight excluding hydrogens is 276 g/mol. The van der Waals surface area contributed by atoms with Crippen LogP contribution in [-0.2, 0) is 8.85 Å². The van der Waals surface area contributed by atoms with E-state index in [2.05, 4.69) is 13.8 Å². The summed E-state index contributed by atoms with van der Waals surface area (Å²) in [6.07, 6.45) is 16.4. The van der Waals surface area contributed by atoms with Crippen molar-refractivity contribution in [2.45, 2.75) is 103 Å². The maximum Gasteiger partial charge on any atom is 0.337 e. The van der Waals surface area contributed by atoms with Gasteiger partial charge < -0.3 is 8.85 Å². The highest BCUT2D eigenvalue weighted by Crippen LogP contribution is 2.24. The first-order valence-corrected chi connectivity index (χ1v) is 11.6. The van der Waals surface area contributed by atoms with Crippen LogP contribution < -0.4 is 0 Å². The molecule has 0 saturated heterocycles. The Morgan fingerprint density at radius 1 is 0.524 bits per heavy atom. The summed E-state index contributed by atoms with van der Waals surface area (Å²) in [5, 5.41) is 0. The molecule has 3 heteroatoms. The van der Waals surface area contributed by atoms with Gasteiger partial charge in [0.05, 0.1) is 0 Å². The summed E-state index contributed by atoms with van der Waals surface area (Å²) >= 11 is 0. The van der Waals surface area contributed by atoms with Crippen LogP contribution in [-0.4, -0.2) is 22.8 Å². The first-order valence-electron chi connectivity index (χ1n) is 9.35. The molecule has 21 heavy (non-hydrogen) atoms. The van der Waals surface area contributed by atoms with E-state index >= 15 is 0 Å². The van der Waals surface area contributed by atoms with Crippen molar-refractivity contribution in [3.8, 4) is 0 Å². The molecule has 0 bridgehead atoms. The molecule has 0 fully saturated rings. The molecule has 0 aromatic heterocycles.